The van der Waals surface area contributed by atoms with Crippen molar-refractivity contribution >= 4 is 17.8 Å². The molecule has 1 heterocycles. The van der Waals surface area contributed by atoms with Gasteiger partial charge in [0.15, 0.2) is 0 Å². The van der Waals surface area contributed by atoms with Gasteiger partial charge in [0, 0.05) is 20.1 Å². The van der Waals surface area contributed by atoms with Crippen LogP contribution in [0.25, 0.3) is 0 Å². The number of hydrogen-bond acceptors (Lipinski definition) is 5. The smallest absolute Gasteiger partial charge is 0.326 e. The van der Waals surface area contributed by atoms with Crippen LogP contribution in [0.15, 0.2) is 30.3 Å². The molecule has 1 fully saturated rings. The summed E-state index contributed by atoms with van der Waals surface area (Å²) in [5, 5.41) is 21.6. The molecule has 1 amide bonds. The van der Waals surface area contributed by atoms with Gasteiger partial charge in [0.1, 0.15) is 12.1 Å². The summed E-state index contributed by atoms with van der Waals surface area (Å²) in [6, 6.07) is 6.80. The number of rotatable bonds is 9. The average Bonchev–Trinajstić information content (AvgIpc) is 3.09. The number of nitrogens with one attached hydrogen (secondary N) is 1. The number of ether oxygens (including phenoxy) is 1. The van der Waals surface area contributed by atoms with Crippen molar-refractivity contribution < 1.29 is 29.3 Å². The quantitative estimate of drug-likeness (QED) is 0.581. The Kier molecular flexibility index (Phi) is 7.32. The number of amides is 1. The Bertz CT molecular complexity index is 665. The fraction of sp³-hybridized carbons (Fsp3) is 0.526. The highest BCUT2D eigenvalue weighted by Gasteiger charge is 2.41. The Morgan fingerprint density at radius 3 is 2.48 bits per heavy atom. The number of carbonyl (C=O) groups is 3. The van der Waals surface area contributed by atoms with Crippen LogP contribution in [0.5, 0.6) is 0 Å². The predicted octanol–water partition coefficient (Wildman–Crippen LogP) is 0.751. The zero-order valence-electron chi connectivity index (χ0n) is 15.5. The molecule has 4 atom stereocenters. The lowest BCUT2D eigenvalue weighted by atomic mass is 10.0. The maximum atomic E-state index is 12.7. The third kappa shape index (κ3) is 5.51. The molecule has 0 spiro atoms. The highest BCUT2D eigenvalue weighted by Crippen LogP contribution is 2.21. The van der Waals surface area contributed by atoms with Gasteiger partial charge in [-0.05, 0) is 25.3 Å². The summed E-state index contributed by atoms with van der Waals surface area (Å²) in [7, 11) is 1.48. The van der Waals surface area contributed by atoms with Gasteiger partial charge in [-0.3, -0.25) is 14.9 Å². The van der Waals surface area contributed by atoms with Crippen molar-refractivity contribution in [3.63, 3.8) is 0 Å². The van der Waals surface area contributed by atoms with Crippen molar-refractivity contribution in [3.8, 4) is 0 Å². The molecule has 2 rings (SSSR count). The van der Waals surface area contributed by atoms with Gasteiger partial charge in [-0.25, -0.2) is 4.79 Å². The Hall–Kier alpha value is -2.45. The standard InChI is InChI=1S/C19H26N2O6/c1-12(17(22)21-11-14(27-2)10-16(21)19(25)26)20-15(18(23)24)9-8-13-6-4-3-5-7-13/h3-7,12,14-16,20H,8-11H2,1-2H3,(H,23,24)(H,25,26)/t12-,14-,15?,16-/m0/s1. The van der Waals surface area contributed by atoms with Gasteiger partial charge in [-0.1, -0.05) is 30.3 Å². The van der Waals surface area contributed by atoms with E-state index in [0.717, 1.165) is 5.56 Å². The van der Waals surface area contributed by atoms with Gasteiger partial charge >= 0.3 is 11.9 Å². The first kappa shape index (κ1) is 20.9. The van der Waals surface area contributed by atoms with Crippen molar-refractivity contribution in [3.05, 3.63) is 35.9 Å². The lowest BCUT2D eigenvalue weighted by Crippen LogP contribution is -2.53. The van der Waals surface area contributed by atoms with Crippen LogP contribution < -0.4 is 5.32 Å². The molecule has 0 radical (unpaired) electrons. The highest BCUT2D eigenvalue weighted by atomic mass is 16.5. The molecule has 1 unspecified atom stereocenters. The number of benzene rings is 1. The molecule has 3 N–H and O–H groups in total. The second kappa shape index (κ2) is 9.48. The van der Waals surface area contributed by atoms with Crippen molar-refractivity contribution in [1.29, 1.82) is 0 Å². The Labute approximate surface area is 158 Å². The number of methoxy groups -OCH3 is 1. The highest BCUT2D eigenvalue weighted by molar-refractivity contribution is 5.88. The van der Waals surface area contributed by atoms with E-state index in [1.807, 2.05) is 30.3 Å². The van der Waals surface area contributed by atoms with Crippen molar-refractivity contribution in [2.45, 2.75) is 50.4 Å². The monoisotopic (exact) mass is 378 g/mol. The molecule has 1 aromatic carbocycles. The largest absolute Gasteiger partial charge is 0.480 e. The molecule has 1 aliphatic heterocycles. The number of aryl methyl sites for hydroxylation is 1. The first-order valence-electron chi connectivity index (χ1n) is 8.92. The van der Waals surface area contributed by atoms with Crippen LogP contribution in [0, 0.1) is 0 Å². The molecule has 148 valence electrons. The molecule has 0 bridgehead atoms. The van der Waals surface area contributed by atoms with Crippen molar-refractivity contribution in [2.24, 2.45) is 0 Å². The van der Waals surface area contributed by atoms with Gasteiger partial charge in [-0.2, -0.15) is 0 Å². The third-order valence-corrected chi connectivity index (χ3v) is 4.85. The van der Waals surface area contributed by atoms with Crippen molar-refractivity contribution in [1.82, 2.24) is 10.2 Å². The molecule has 8 heteroatoms. The van der Waals surface area contributed by atoms with E-state index < -0.39 is 36.0 Å². The van der Waals surface area contributed by atoms with Crippen LogP contribution in [-0.4, -0.2) is 70.8 Å². The zero-order chi connectivity index (χ0) is 20.0. The van der Waals surface area contributed by atoms with Gasteiger partial charge in [0.05, 0.1) is 12.1 Å². The minimum atomic E-state index is -1.09. The Balaban J connectivity index is 1.99. The first-order valence-corrected chi connectivity index (χ1v) is 8.92. The number of aliphatic carboxylic acids is 2. The fourth-order valence-electron chi connectivity index (χ4n) is 3.30. The van der Waals surface area contributed by atoms with Gasteiger partial charge in [0.25, 0.3) is 0 Å². The number of nitrogens with zero attached hydrogens (tertiary/aromatic N) is 1. The number of carbonyl (C=O) groups excluding carboxylic acids is 1. The van der Waals surface area contributed by atoms with Gasteiger partial charge in [-0.15, -0.1) is 0 Å². The summed E-state index contributed by atoms with van der Waals surface area (Å²) >= 11 is 0. The summed E-state index contributed by atoms with van der Waals surface area (Å²) in [4.78, 5) is 37.0. The zero-order valence-corrected chi connectivity index (χ0v) is 15.5. The molecule has 0 aromatic heterocycles. The van der Waals surface area contributed by atoms with E-state index in [1.165, 1.54) is 12.0 Å². The first-order chi connectivity index (χ1) is 12.8. The van der Waals surface area contributed by atoms with Crippen LogP contribution in [0.2, 0.25) is 0 Å². The minimum absolute atomic E-state index is 0.181. The van der Waals surface area contributed by atoms with Crippen molar-refractivity contribution in [2.75, 3.05) is 13.7 Å². The average molecular weight is 378 g/mol. The molecule has 27 heavy (non-hydrogen) atoms. The van der Waals surface area contributed by atoms with E-state index in [4.69, 9.17) is 4.74 Å². The lowest BCUT2D eigenvalue weighted by Gasteiger charge is -2.27. The maximum Gasteiger partial charge on any atom is 0.326 e. The van der Waals surface area contributed by atoms with Gasteiger partial charge < -0.3 is 19.8 Å². The fourth-order valence-corrected chi connectivity index (χ4v) is 3.30. The minimum Gasteiger partial charge on any atom is -0.480 e. The van der Waals surface area contributed by atoms with E-state index >= 15 is 0 Å². The summed E-state index contributed by atoms with van der Waals surface area (Å²) in [5.41, 5.74) is 1.01. The molecule has 1 saturated heterocycles. The molecular weight excluding hydrogens is 352 g/mol. The molecular formula is C19H26N2O6. The second-order valence-electron chi connectivity index (χ2n) is 6.74. The molecule has 0 aliphatic carbocycles. The van der Waals surface area contributed by atoms with Crippen LogP contribution >= 0.6 is 0 Å². The van der Waals surface area contributed by atoms with E-state index in [9.17, 15) is 24.6 Å². The molecule has 8 nitrogen and oxygen atoms in total. The summed E-state index contributed by atoms with van der Waals surface area (Å²) in [6.45, 7) is 1.74. The normalized spacial score (nSPS) is 21.6. The molecule has 1 aliphatic rings. The van der Waals surface area contributed by atoms with E-state index in [0.29, 0.717) is 12.8 Å². The van der Waals surface area contributed by atoms with Crippen LogP contribution in [-0.2, 0) is 25.5 Å². The Morgan fingerprint density at radius 2 is 1.93 bits per heavy atom. The summed E-state index contributed by atoms with van der Waals surface area (Å²) in [6.07, 6.45) is 0.759. The molecule has 0 saturated carbocycles. The van der Waals surface area contributed by atoms with E-state index in [-0.39, 0.29) is 19.1 Å². The van der Waals surface area contributed by atoms with E-state index in [1.54, 1.807) is 6.92 Å². The summed E-state index contributed by atoms with van der Waals surface area (Å²) in [5.74, 6) is -2.57. The van der Waals surface area contributed by atoms with E-state index in [2.05, 4.69) is 5.32 Å². The number of carboxylic acids is 2. The summed E-state index contributed by atoms with van der Waals surface area (Å²) < 4.78 is 5.19. The predicted molar refractivity (Wildman–Crippen MR) is 97.3 cm³/mol. The lowest BCUT2D eigenvalue weighted by molar-refractivity contribution is -0.149. The topological polar surface area (TPSA) is 116 Å². The SMILES string of the molecule is CO[C@H]1C[C@@H](C(=O)O)N(C(=O)[C@H](C)NC(CCc2ccccc2)C(=O)O)C1. The second-order valence-corrected chi connectivity index (χ2v) is 6.74. The molecule has 1 aromatic rings. The van der Waals surface area contributed by atoms with Crippen LogP contribution in [0.3, 0.4) is 0 Å². The van der Waals surface area contributed by atoms with Crippen LogP contribution in [0.1, 0.15) is 25.3 Å². The third-order valence-electron chi connectivity index (χ3n) is 4.85. The number of likely N-dealkylation sites (tertiary alicyclic amines) is 1. The number of carboxylic acid groups (broad SMARTS) is 2. The van der Waals surface area contributed by atoms with Gasteiger partial charge in [0.2, 0.25) is 5.91 Å². The Morgan fingerprint density at radius 1 is 1.26 bits per heavy atom. The number of hydrogen-bond donors (Lipinski definition) is 3. The van der Waals surface area contributed by atoms with Crippen LogP contribution in [0.4, 0.5) is 0 Å². The maximum absolute atomic E-state index is 12.7.